The van der Waals surface area contributed by atoms with Gasteiger partial charge in [-0.05, 0) is 17.5 Å². The average Bonchev–Trinajstić information content (AvgIpc) is 2.20. The first-order chi connectivity index (χ1) is 7.82. The van der Waals surface area contributed by atoms with E-state index in [1.165, 1.54) is 0 Å². The van der Waals surface area contributed by atoms with Gasteiger partial charge in [-0.15, -0.1) is 0 Å². The van der Waals surface area contributed by atoms with Gasteiger partial charge >= 0.3 is 5.97 Å². The zero-order valence-corrected chi connectivity index (χ0v) is 10.5. The summed E-state index contributed by atoms with van der Waals surface area (Å²) in [6.45, 7) is 3.96. The van der Waals surface area contributed by atoms with Gasteiger partial charge < -0.3 is 15.9 Å². The molecule has 0 saturated carbocycles. The number of hydrogen-bond acceptors (Lipinski definition) is 3. The van der Waals surface area contributed by atoms with E-state index in [-0.39, 0.29) is 23.1 Å². The second-order valence-electron chi connectivity index (χ2n) is 4.30. The van der Waals surface area contributed by atoms with E-state index in [2.05, 4.69) is 0 Å². The molecule has 0 bridgehead atoms. The highest BCUT2D eigenvalue weighted by molar-refractivity contribution is 6.32. The zero-order valence-electron chi connectivity index (χ0n) is 9.77. The van der Waals surface area contributed by atoms with E-state index in [9.17, 15) is 9.90 Å². The summed E-state index contributed by atoms with van der Waals surface area (Å²) in [7, 11) is 0. The molecule has 0 spiro atoms. The fraction of sp³-hybridized carbons (Fsp3) is 0.417. The van der Waals surface area contributed by atoms with E-state index < -0.39 is 12.0 Å². The van der Waals surface area contributed by atoms with Crippen molar-refractivity contribution in [2.75, 3.05) is 0 Å². The van der Waals surface area contributed by atoms with Gasteiger partial charge in [0.05, 0.1) is 11.4 Å². The highest BCUT2D eigenvalue weighted by atomic mass is 35.5. The Labute approximate surface area is 105 Å². The molecular weight excluding hydrogens is 242 g/mol. The number of phenolic OH excluding ortho intramolecular Hbond substituents is 1. The van der Waals surface area contributed by atoms with Gasteiger partial charge in [0.25, 0.3) is 0 Å². The Morgan fingerprint density at radius 3 is 2.53 bits per heavy atom. The smallest absolute Gasteiger partial charge is 0.305 e. The molecular formula is C12H16ClNO3. The number of aromatic hydroxyl groups is 1. The SMILES string of the molecule is CC(C)c1cc(Cl)c(O)c(C(N)CC(=O)O)c1. The maximum atomic E-state index is 10.6. The zero-order chi connectivity index (χ0) is 13.2. The summed E-state index contributed by atoms with van der Waals surface area (Å²) in [6.07, 6.45) is -0.245. The third kappa shape index (κ3) is 3.35. The van der Waals surface area contributed by atoms with Crippen LogP contribution in [0.25, 0.3) is 0 Å². The molecule has 0 saturated heterocycles. The maximum absolute atomic E-state index is 10.6. The number of halogens is 1. The molecule has 0 heterocycles. The highest BCUT2D eigenvalue weighted by Crippen LogP contribution is 2.35. The van der Waals surface area contributed by atoms with Crippen LogP contribution < -0.4 is 5.73 Å². The van der Waals surface area contributed by atoms with Gasteiger partial charge in [0.15, 0.2) is 0 Å². The van der Waals surface area contributed by atoms with E-state index >= 15 is 0 Å². The van der Waals surface area contributed by atoms with Gasteiger partial charge in [-0.25, -0.2) is 0 Å². The van der Waals surface area contributed by atoms with Crippen LogP contribution in [0, 0.1) is 0 Å². The van der Waals surface area contributed by atoms with Crippen molar-refractivity contribution in [1.29, 1.82) is 0 Å². The molecule has 1 atom stereocenters. The quantitative estimate of drug-likeness (QED) is 0.774. The Morgan fingerprint density at radius 2 is 2.06 bits per heavy atom. The number of nitrogens with two attached hydrogens (primary N) is 1. The first-order valence-electron chi connectivity index (χ1n) is 5.32. The van der Waals surface area contributed by atoms with Crippen molar-refractivity contribution < 1.29 is 15.0 Å². The highest BCUT2D eigenvalue weighted by Gasteiger charge is 2.18. The summed E-state index contributed by atoms with van der Waals surface area (Å²) in [5, 5.41) is 18.7. The van der Waals surface area contributed by atoms with E-state index in [1.807, 2.05) is 13.8 Å². The molecule has 0 aliphatic carbocycles. The molecule has 4 N–H and O–H groups in total. The summed E-state index contributed by atoms with van der Waals surface area (Å²) < 4.78 is 0. The first kappa shape index (κ1) is 13.8. The number of aliphatic carboxylic acids is 1. The Bertz CT molecular complexity index is 432. The number of hydrogen-bond donors (Lipinski definition) is 3. The third-order valence-electron chi connectivity index (χ3n) is 2.58. The van der Waals surface area contributed by atoms with Crippen LogP contribution in [0.15, 0.2) is 12.1 Å². The van der Waals surface area contributed by atoms with Gasteiger partial charge in [0.1, 0.15) is 5.75 Å². The van der Waals surface area contributed by atoms with Crippen molar-refractivity contribution in [3.8, 4) is 5.75 Å². The van der Waals surface area contributed by atoms with Crippen LogP contribution in [0.1, 0.15) is 43.4 Å². The Balaban J connectivity index is 3.17. The Hall–Kier alpha value is -1.26. The Kier molecular flexibility index (Phi) is 4.37. The summed E-state index contributed by atoms with van der Waals surface area (Å²) in [4.78, 5) is 10.6. The predicted octanol–water partition coefficient (Wildman–Crippen LogP) is 2.64. The molecule has 0 radical (unpaired) electrons. The van der Waals surface area contributed by atoms with E-state index in [0.29, 0.717) is 5.56 Å². The molecule has 1 aromatic rings. The van der Waals surface area contributed by atoms with Crippen molar-refractivity contribution in [2.45, 2.75) is 32.2 Å². The van der Waals surface area contributed by atoms with Crippen LogP contribution in [0.5, 0.6) is 5.75 Å². The lowest BCUT2D eigenvalue weighted by atomic mass is 9.96. The van der Waals surface area contributed by atoms with Gasteiger partial charge in [-0.1, -0.05) is 31.5 Å². The third-order valence-corrected chi connectivity index (χ3v) is 2.86. The summed E-state index contributed by atoms with van der Waals surface area (Å²) >= 11 is 5.89. The first-order valence-corrected chi connectivity index (χ1v) is 5.70. The Morgan fingerprint density at radius 1 is 1.47 bits per heavy atom. The lowest BCUT2D eigenvalue weighted by Gasteiger charge is -2.16. The number of carboxylic acids is 1. The van der Waals surface area contributed by atoms with Crippen molar-refractivity contribution in [3.63, 3.8) is 0 Å². The average molecular weight is 258 g/mol. The van der Waals surface area contributed by atoms with Crippen molar-refractivity contribution in [2.24, 2.45) is 5.73 Å². The lowest BCUT2D eigenvalue weighted by Crippen LogP contribution is -2.15. The minimum atomic E-state index is -1.01. The molecule has 1 aromatic carbocycles. The van der Waals surface area contributed by atoms with Crippen LogP contribution >= 0.6 is 11.6 Å². The van der Waals surface area contributed by atoms with Crippen LogP contribution in [-0.4, -0.2) is 16.2 Å². The fourth-order valence-corrected chi connectivity index (χ4v) is 1.79. The predicted molar refractivity (Wildman–Crippen MR) is 66.4 cm³/mol. The molecule has 0 aromatic heterocycles. The minimum Gasteiger partial charge on any atom is -0.506 e. The van der Waals surface area contributed by atoms with Crippen molar-refractivity contribution >= 4 is 17.6 Å². The monoisotopic (exact) mass is 257 g/mol. The van der Waals surface area contributed by atoms with Gasteiger partial charge in [0.2, 0.25) is 0 Å². The van der Waals surface area contributed by atoms with Gasteiger partial charge in [-0.2, -0.15) is 0 Å². The number of phenols is 1. The molecule has 1 rings (SSSR count). The van der Waals surface area contributed by atoms with Crippen molar-refractivity contribution in [1.82, 2.24) is 0 Å². The van der Waals surface area contributed by atoms with Crippen molar-refractivity contribution in [3.05, 3.63) is 28.3 Å². The van der Waals surface area contributed by atoms with E-state index in [0.717, 1.165) is 5.56 Å². The van der Waals surface area contributed by atoms with Crippen LogP contribution in [0.3, 0.4) is 0 Å². The number of rotatable bonds is 4. The molecule has 0 aliphatic rings. The second kappa shape index (κ2) is 5.38. The second-order valence-corrected chi connectivity index (χ2v) is 4.71. The molecule has 94 valence electrons. The summed E-state index contributed by atoms with van der Waals surface area (Å²) in [5.74, 6) is -0.920. The fourth-order valence-electron chi connectivity index (χ4n) is 1.56. The topological polar surface area (TPSA) is 83.5 Å². The minimum absolute atomic E-state index is 0.134. The number of carbonyl (C=O) groups is 1. The number of benzene rings is 1. The number of carboxylic acid groups (broad SMARTS) is 1. The molecule has 1 unspecified atom stereocenters. The maximum Gasteiger partial charge on any atom is 0.305 e. The standard InChI is InChI=1S/C12H16ClNO3/c1-6(2)7-3-8(10(14)5-11(15)16)12(17)9(13)4-7/h3-4,6,10,17H,5,14H2,1-2H3,(H,15,16). The van der Waals surface area contributed by atoms with E-state index in [4.69, 9.17) is 22.4 Å². The molecule has 0 aliphatic heterocycles. The van der Waals surface area contributed by atoms with Gasteiger partial charge in [-0.3, -0.25) is 4.79 Å². The van der Waals surface area contributed by atoms with Crippen LogP contribution in [-0.2, 0) is 4.79 Å². The summed E-state index contributed by atoms with van der Waals surface area (Å²) in [5.41, 5.74) is 7.03. The van der Waals surface area contributed by atoms with E-state index in [1.54, 1.807) is 12.1 Å². The normalized spacial score (nSPS) is 12.8. The molecule has 4 nitrogen and oxygen atoms in total. The molecule has 17 heavy (non-hydrogen) atoms. The summed E-state index contributed by atoms with van der Waals surface area (Å²) in [6, 6.07) is 2.61. The van der Waals surface area contributed by atoms with Crippen LogP contribution in [0.2, 0.25) is 5.02 Å². The van der Waals surface area contributed by atoms with Gasteiger partial charge in [0, 0.05) is 11.6 Å². The largest absolute Gasteiger partial charge is 0.506 e. The molecule has 5 heteroatoms. The molecule has 0 amide bonds. The lowest BCUT2D eigenvalue weighted by molar-refractivity contribution is -0.137. The molecule has 0 fully saturated rings. The van der Waals surface area contributed by atoms with Crippen LogP contribution in [0.4, 0.5) is 0 Å².